The minimum absolute atomic E-state index is 0.328. The zero-order chi connectivity index (χ0) is 14.0. The molecular weight excluding hydrogens is 238 g/mol. The molecule has 5 N–H and O–H groups in total. The lowest BCUT2D eigenvalue weighted by atomic mass is 10.1. The van der Waals surface area contributed by atoms with Crippen molar-refractivity contribution < 1.29 is 4.79 Å². The van der Waals surface area contributed by atoms with Gasteiger partial charge in [-0.15, -0.1) is 0 Å². The van der Waals surface area contributed by atoms with Crippen LogP contribution >= 0.6 is 0 Å². The van der Waals surface area contributed by atoms with E-state index < -0.39 is 5.91 Å². The van der Waals surface area contributed by atoms with Crippen molar-refractivity contribution in [3.63, 3.8) is 0 Å². The van der Waals surface area contributed by atoms with Gasteiger partial charge in [-0.2, -0.15) is 0 Å². The first-order valence-corrected chi connectivity index (χ1v) is 6.00. The largest absolute Gasteiger partial charge is 0.398 e. The number of nitrogen functional groups attached to an aromatic ring is 1. The normalized spacial score (nSPS) is 10.2. The summed E-state index contributed by atoms with van der Waals surface area (Å²) in [7, 11) is 0. The van der Waals surface area contributed by atoms with Crippen molar-refractivity contribution in [1.82, 2.24) is 0 Å². The van der Waals surface area contributed by atoms with Gasteiger partial charge in [-0.1, -0.05) is 6.07 Å². The van der Waals surface area contributed by atoms with E-state index in [9.17, 15) is 4.79 Å². The van der Waals surface area contributed by atoms with Crippen molar-refractivity contribution in [3.8, 4) is 0 Å². The van der Waals surface area contributed by atoms with Gasteiger partial charge in [-0.3, -0.25) is 4.79 Å². The van der Waals surface area contributed by atoms with Gasteiger partial charge in [0.25, 0.3) is 5.91 Å². The molecule has 0 aliphatic heterocycles. The first-order chi connectivity index (χ1) is 8.95. The van der Waals surface area contributed by atoms with Crippen LogP contribution in [0.2, 0.25) is 0 Å². The van der Waals surface area contributed by atoms with E-state index in [0.29, 0.717) is 11.3 Å². The molecule has 0 aliphatic carbocycles. The molecule has 2 aromatic carbocycles. The molecule has 2 aromatic rings. The monoisotopic (exact) mass is 255 g/mol. The molecule has 2 rings (SSSR count). The average molecular weight is 255 g/mol. The van der Waals surface area contributed by atoms with Crippen molar-refractivity contribution in [2.45, 2.75) is 13.8 Å². The van der Waals surface area contributed by atoms with E-state index in [-0.39, 0.29) is 0 Å². The summed E-state index contributed by atoms with van der Waals surface area (Å²) in [5.74, 6) is -0.526. The third-order valence-electron chi connectivity index (χ3n) is 2.83. The second-order valence-electron chi connectivity index (χ2n) is 4.67. The number of hydrogen-bond acceptors (Lipinski definition) is 3. The summed E-state index contributed by atoms with van der Waals surface area (Å²) in [6, 6.07) is 11.3. The van der Waals surface area contributed by atoms with Crippen LogP contribution in [0, 0.1) is 13.8 Å². The Labute approximate surface area is 112 Å². The van der Waals surface area contributed by atoms with E-state index in [1.54, 1.807) is 12.1 Å². The van der Waals surface area contributed by atoms with Crippen molar-refractivity contribution in [3.05, 3.63) is 53.1 Å². The maximum Gasteiger partial charge on any atom is 0.250 e. The number of nitrogens with two attached hydrogens (primary N) is 2. The fourth-order valence-corrected chi connectivity index (χ4v) is 2.06. The van der Waals surface area contributed by atoms with Crippen LogP contribution < -0.4 is 16.8 Å². The Bertz CT molecular complexity index is 615. The van der Waals surface area contributed by atoms with Crippen LogP contribution in [-0.2, 0) is 0 Å². The van der Waals surface area contributed by atoms with Gasteiger partial charge in [-0.25, -0.2) is 0 Å². The summed E-state index contributed by atoms with van der Waals surface area (Å²) in [5.41, 5.74) is 15.8. The number of rotatable bonds is 3. The van der Waals surface area contributed by atoms with E-state index in [4.69, 9.17) is 11.5 Å². The molecule has 0 saturated carbocycles. The molecule has 0 heterocycles. The third kappa shape index (κ3) is 3.04. The lowest BCUT2D eigenvalue weighted by Gasteiger charge is -2.10. The lowest BCUT2D eigenvalue weighted by Crippen LogP contribution is -2.13. The van der Waals surface area contributed by atoms with Crippen LogP contribution in [0.25, 0.3) is 0 Å². The lowest BCUT2D eigenvalue weighted by molar-refractivity contribution is 0.100. The van der Waals surface area contributed by atoms with Crippen molar-refractivity contribution >= 4 is 23.0 Å². The smallest absolute Gasteiger partial charge is 0.250 e. The summed E-state index contributed by atoms with van der Waals surface area (Å²) in [6.07, 6.45) is 0. The summed E-state index contributed by atoms with van der Waals surface area (Å²) < 4.78 is 0. The molecular formula is C15H17N3O. The number of benzene rings is 2. The van der Waals surface area contributed by atoms with Crippen molar-refractivity contribution in [2.75, 3.05) is 11.1 Å². The second-order valence-corrected chi connectivity index (χ2v) is 4.67. The van der Waals surface area contributed by atoms with Gasteiger partial charge in [0, 0.05) is 17.1 Å². The molecule has 4 heteroatoms. The Morgan fingerprint density at radius 3 is 2.21 bits per heavy atom. The van der Waals surface area contributed by atoms with Gasteiger partial charge in [0.2, 0.25) is 0 Å². The molecule has 0 unspecified atom stereocenters. The van der Waals surface area contributed by atoms with Gasteiger partial charge in [-0.05, 0) is 55.3 Å². The SMILES string of the molecule is Cc1cc(C)cc(Nc2ccc(N)c(C(N)=O)c2)c1. The fraction of sp³-hybridized carbons (Fsp3) is 0.133. The van der Waals surface area contributed by atoms with E-state index in [2.05, 4.69) is 11.4 Å². The third-order valence-corrected chi connectivity index (χ3v) is 2.83. The topological polar surface area (TPSA) is 81.1 Å². The highest BCUT2D eigenvalue weighted by Gasteiger charge is 2.07. The Morgan fingerprint density at radius 1 is 1.00 bits per heavy atom. The molecule has 0 spiro atoms. The highest BCUT2D eigenvalue weighted by molar-refractivity contribution is 5.99. The minimum atomic E-state index is -0.526. The maximum absolute atomic E-state index is 11.2. The Hall–Kier alpha value is -2.49. The number of nitrogens with one attached hydrogen (secondary N) is 1. The summed E-state index contributed by atoms with van der Waals surface area (Å²) >= 11 is 0. The zero-order valence-electron chi connectivity index (χ0n) is 11.0. The first kappa shape index (κ1) is 13.0. The highest BCUT2D eigenvalue weighted by Crippen LogP contribution is 2.23. The fourth-order valence-electron chi connectivity index (χ4n) is 2.06. The number of aryl methyl sites for hydroxylation is 2. The molecule has 4 nitrogen and oxygen atoms in total. The molecule has 0 atom stereocenters. The number of carbonyl (C=O) groups is 1. The van der Waals surface area contributed by atoms with E-state index in [0.717, 1.165) is 11.4 Å². The molecule has 0 radical (unpaired) electrons. The Morgan fingerprint density at radius 2 is 1.63 bits per heavy atom. The van der Waals surface area contributed by atoms with Crippen LogP contribution in [0.15, 0.2) is 36.4 Å². The Balaban J connectivity index is 2.33. The van der Waals surface area contributed by atoms with Gasteiger partial charge in [0.1, 0.15) is 0 Å². The summed E-state index contributed by atoms with van der Waals surface area (Å²) in [4.78, 5) is 11.2. The second kappa shape index (κ2) is 5.02. The summed E-state index contributed by atoms with van der Waals surface area (Å²) in [6.45, 7) is 4.08. The van der Waals surface area contributed by atoms with Gasteiger partial charge in [0.15, 0.2) is 0 Å². The van der Waals surface area contributed by atoms with Crippen LogP contribution in [0.4, 0.5) is 17.1 Å². The zero-order valence-corrected chi connectivity index (χ0v) is 11.0. The average Bonchev–Trinajstić information content (AvgIpc) is 2.30. The Kier molecular flexibility index (Phi) is 3.42. The molecule has 98 valence electrons. The van der Waals surface area contributed by atoms with Gasteiger partial charge in [0.05, 0.1) is 5.56 Å². The number of carbonyl (C=O) groups excluding carboxylic acids is 1. The maximum atomic E-state index is 11.2. The molecule has 0 fully saturated rings. The molecule has 1 amide bonds. The molecule has 19 heavy (non-hydrogen) atoms. The van der Waals surface area contributed by atoms with Crippen LogP contribution in [-0.4, -0.2) is 5.91 Å². The molecule has 0 aliphatic rings. The molecule has 0 aromatic heterocycles. The van der Waals surface area contributed by atoms with Crippen molar-refractivity contribution in [2.24, 2.45) is 5.73 Å². The van der Waals surface area contributed by atoms with E-state index in [1.807, 2.05) is 32.0 Å². The summed E-state index contributed by atoms with van der Waals surface area (Å²) in [5, 5.41) is 3.24. The van der Waals surface area contributed by atoms with Gasteiger partial charge < -0.3 is 16.8 Å². The predicted octanol–water partition coefficient (Wildman–Crippen LogP) is 2.73. The molecule has 0 bridgehead atoms. The van der Waals surface area contributed by atoms with Crippen molar-refractivity contribution in [1.29, 1.82) is 0 Å². The van der Waals surface area contributed by atoms with Crippen LogP contribution in [0.5, 0.6) is 0 Å². The number of amides is 1. The van der Waals surface area contributed by atoms with E-state index in [1.165, 1.54) is 11.1 Å². The standard InChI is InChI=1S/C15H17N3O/c1-9-5-10(2)7-12(6-9)18-11-3-4-14(16)13(8-11)15(17)19/h3-8,18H,16H2,1-2H3,(H2,17,19). The van der Waals surface area contributed by atoms with Crippen LogP contribution in [0.1, 0.15) is 21.5 Å². The quantitative estimate of drug-likeness (QED) is 0.737. The predicted molar refractivity (Wildman–Crippen MR) is 78.6 cm³/mol. The highest BCUT2D eigenvalue weighted by atomic mass is 16.1. The molecule has 0 saturated heterocycles. The first-order valence-electron chi connectivity index (χ1n) is 6.00. The number of anilines is 3. The van der Waals surface area contributed by atoms with Crippen LogP contribution in [0.3, 0.4) is 0 Å². The number of hydrogen-bond donors (Lipinski definition) is 3. The number of primary amides is 1. The van der Waals surface area contributed by atoms with E-state index >= 15 is 0 Å². The van der Waals surface area contributed by atoms with Gasteiger partial charge >= 0.3 is 0 Å². The minimum Gasteiger partial charge on any atom is -0.398 e.